The summed E-state index contributed by atoms with van der Waals surface area (Å²) in [6, 6.07) is -4.19. The minimum absolute atomic E-state index is 0.211. The number of carbonyl (C=O) groups excluding carboxylic acids is 2. The second kappa shape index (κ2) is 10.4. The molecule has 0 aliphatic heterocycles. The predicted molar refractivity (Wildman–Crippen MR) is 82.4 cm³/mol. The summed E-state index contributed by atoms with van der Waals surface area (Å²) in [7, 11) is 0. The van der Waals surface area contributed by atoms with Crippen molar-refractivity contribution in [2.45, 2.75) is 37.4 Å². The first-order valence-electron chi connectivity index (χ1n) is 6.72. The number of carbonyl (C=O) groups is 5. The minimum Gasteiger partial charge on any atom is -0.481 e. The van der Waals surface area contributed by atoms with Gasteiger partial charge in [0.1, 0.15) is 12.1 Å². The Balaban J connectivity index is 4.90. The molecule has 0 aromatic carbocycles. The molecule has 0 aromatic rings. The van der Waals surface area contributed by atoms with Crippen LogP contribution in [0.3, 0.4) is 0 Å². The summed E-state index contributed by atoms with van der Waals surface area (Å²) in [5.41, 5.74) is 5.46. The molecule has 0 radical (unpaired) electrons. The van der Waals surface area contributed by atoms with Crippen LogP contribution in [0.15, 0.2) is 0 Å². The number of amides is 2. The second-order valence-corrected chi connectivity index (χ2v) is 5.15. The lowest BCUT2D eigenvalue weighted by Gasteiger charge is -2.21. The summed E-state index contributed by atoms with van der Waals surface area (Å²) in [6.45, 7) is 0. The molecule has 0 spiro atoms. The van der Waals surface area contributed by atoms with E-state index in [4.69, 9.17) is 21.1 Å². The summed E-state index contributed by atoms with van der Waals surface area (Å²) < 4.78 is 0. The van der Waals surface area contributed by atoms with Crippen molar-refractivity contribution in [3.05, 3.63) is 0 Å². The number of hydrogen-bond acceptors (Lipinski definition) is 7. The van der Waals surface area contributed by atoms with Gasteiger partial charge >= 0.3 is 17.9 Å². The van der Waals surface area contributed by atoms with Gasteiger partial charge in [0.15, 0.2) is 0 Å². The van der Waals surface area contributed by atoms with E-state index >= 15 is 0 Å². The number of thiol groups is 1. The molecule has 24 heavy (non-hydrogen) atoms. The fourth-order valence-corrected chi connectivity index (χ4v) is 1.78. The van der Waals surface area contributed by atoms with Crippen LogP contribution in [0.2, 0.25) is 0 Å². The van der Waals surface area contributed by atoms with Crippen LogP contribution in [0.1, 0.15) is 19.3 Å². The summed E-state index contributed by atoms with van der Waals surface area (Å²) in [5, 5.41) is 30.3. The van der Waals surface area contributed by atoms with E-state index in [2.05, 4.69) is 17.9 Å². The lowest BCUT2D eigenvalue weighted by atomic mass is 10.1. The number of carboxylic acids is 3. The van der Waals surface area contributed by atoms with Gasteiger partial charge in [-0.05, 0) is 6.42 Å². The summed E-state index contributed by atoms with van der Waals surface area (Å²) >= 11 is 3.74. The van der Waals surface area contributed by atoms with Crippen molar-refractivity contribution in [2.24, 2.45) is 5.73 Å². The zero-order chi connectivity index (χ0) is 18.9. The Morgan fingerprint density at radius 3 is 1.88 bits per heavy atom. The van der Waals surface area contributed by atoms with Gasteiger partial charge in [-0.2, -0.15) is 12.6 Å². The monoisotopic (exact) mass is 365 g/mol. The first-order chi connectivity index (χ1) is 11.1. The molecule has 0 aliphatic carbocycles. The van der Waals surface area contributed by atoms with E-state index in [9.17, 15) is 24.0 Å². The van der Waals surface area contributed by atoms with Gasteiger partial charge < -0.3 is 31.7 Å². The van der Waals surface area contributed by atoms with Gasteiger partial charge in [-0.1, -0.05) is 0 Å². The Morgan fingerprint density at radius 1 is 0.917 bits per heavy atom. The molecule has 7 N–H and O–H groups in total. The van der Waals surface area contributed by atoms with Crippen LogP contribution in [0.4, 0.5) is 0 Å². The van der Waals surface area contributed by atoms with Crippen LogP contribution in [0.5, 0.6) is 0 Å². The molecule has 0 rings (SSSR count). The molecule has 0 bridgehead atoms. The molecule has 136 valence electrons. The lowest BCUT2D eigenvalue weighted by molar-refractivity contribution is -0.143. The van der Waals surface area contributed by atoms with Crippen molar-refractivity contribution >= 4 is 42.4 Å². The molecule has 3 unspecified atom stereocenters. The van der Waals surface area contributed by atoms with E-state index in [1.807, 2.05) is 5.32 Å². The van der Waals surface area contributed by atoms with Crippen LogP contribution >= 0.6 is 12.6 Å². The van der Waals surface area contributed by atoms with Crippen LogP contribution < -0.4 is 16.4 Å². The van der Waals surface area contributed by atoms with E-state index in [0.717, 1.165) is 0 Å². The predicted octanol–water partition coefficient (Wildman–Crippen LogP) is -2.36. The van der Waals surface area contributed by atoms with Crippen LogP contribution in [0.25, 0.3) is 0 Å². The fraction of sp³-hybridized carbons (Fsp3) is 0.583. The number of aliphatic carboxylic acids is 3. The molecule has 0 heterocycles. The molecule has 0 fully saturated rings. The molecular formula is C12H19N3O8S. The molecule has 3 atom stereocenters. The first-order valence-corrected chi connectivity index (χ1v) is 7.35. The van der Waals surface area contributed by atoms with Gasteiger partial charge in [-0.25, -0.2) is 4.79 Å². The van der Waals surface area contributed by atoms with Crippen LogP contribution in [-0.2, 0) is 24.0 Å². The quantitative estimate of drug-likeness (QED) is 0.196. The average Bonchev–Trinajstić information content (AvgIpc) is 2.48. The van der Waals surface area contributed by atoms with Crippen molar-refractivity contribution in [3.63, 3.8) is 0 Å². The Kier molecular flexibility index (Phi) is 9.42. The number of hydrogen-bond donors (Lipinski definition) is 7. The maximum atomic E-state index is 12.0. The van der Waals surface area contributed by atoms with Crippen molar-refractivity contribution < 1.29 is 39.3 Å². The molecular weight excluding hydrogens is 346 g/mol. The Labute approximate surface area is 142 Å². The van der Waals surface area contributed by atoms with Gasteiger partial charge in [0, 0.05) is 12.2 Å². The SMILES string of the molecule is NC(CCC(=O)O)C(=O)NC(CC(=O)O)C(=O)NC(CS)C(=O)O. The maximum Gasteiger partial charge on any atom is 0.327 e. The smallest absolute Gasteiger partial charge is 0.327 e. The summed E-state index contributed by atoms with van der Waals surface area (Å²) in [6.07, 6.45) is -1.40. The van der Waals surface area contributed by atoms with Gasteiger partial charge in [0.25, 0.3) is 0 Å². The zero-order valence-electron chi connectivity index (χ0n) is 12.5. The second-order valence-electron chi connectivity index (χ2n) is 4.78. The van der Waals surface area contributed by atoms with Crippen molar-refractivity contribution in [1.29, 1.82) is 0 Å². The lowest BCUT2D eigenvalue weighted by Crippen LogP contribution is -2.55. The number of nitrogens with one attached hydrogen (secondary N) is 2. The molecule has 2 amide bonds. The molecule has 12 heteroatoms. The molecule has 0 aliphatic rings. The molecule has 11 nitrogen and oxygen atoms in total. The third-order valence-corrected chi connectivity index (χ3v) is 3.18. The van der Waals surface area contributed by atoms with Gasteiger partial charge in [0.05, 0.1) is 12.5 Å². The third-order valence-electron chi connectivity index (χ3n) is 2.81. The van der Waals surface area contributed by atoms with Gasteiger partial charge in [-0.3, -0.25) is 19.2 Å². The Morgan fingerprint density at radius 2 is 1.46 bits per heavy atom. The zero-order valence-corrected chi connectivity index (χ0v) is 13.4. The number of nitrogens with two attached hydrogens (primary N) is 1. The maximum absolute atomic E-state index is 12.0. The van der Waals surface area contributed by atoms with E-state index < -0.39 is 54.3 Å². The van der Waals surface area contributed by atoms with Crippen LogP contribution in [0, 0.1) is 0 Å². The summed E-state index contributed by atoms with van der Waals surface area (Å²) in [5.74, 6) is -6.15. The normalized spacial score (nSPS) is 14.1. The van der Waals surface area contributed by atoms with Crippen molar-refractivity contribution in [3.8, 4) is 0 Å². The van der Waals surface area contributed by atoms with E-state index in [1.54, 1.807) is 0 Å². The number of rotatable bonds is 11. The van der Waals surface area contributed by atoms with E-state index in [1.165, 1.54) is 0 Å². The highest BCUT2D eigenvalue weighted by molar-refractivity contribution is 7.80. The topological polar surface area (TPSA) is 196 Å². The largest absolute Gasteiger partial charge is 0.481 e. The van der Waals surface area contributed by atoms with Gasteiger partial charge in [0.2, 0.25) is 11.8 Å². The molecule has 0 saturated carbocycles. The van der Waals surface area contributed by atoms with Gasteiger partial charge in [-0.15, -0.1) is 0 Å². The molecule has 0 aromatic heterocycles. The number of carboxylic acid groups (broad SMARTS) is 3. The standard InChI is InChI=1S/C12H19N3O8S/c13-5(1-2-8(16)17)10(20)14-6(3-9(18)19)11(21)15-7(4-24)12(22)23/h5-7,24H,1-4,13H2,(H,14,20)(H,15,21)(H,16,17)(H,18,19)(H,22,23). The van der Waals surface area contributed by atoms with Crippen molar-refractivity contribution in [2.75, 3.05) is 5.75 Å². The van der Waals surface area contributed by atoms with Crippen LogP contribution in [-0.4, -0.2) is 68.9 Å². The van der Waals surface area contributed by atoms with E-state index in [-0.39, 0.29) is 18.6 Å². The average molecular weight is 365 g/mol. The highest BCUT2D eigenvalue weighted by Gasteiger charge is 2.29. The Bertz CT molecular complexity index is 513. The Hall–Kier alpha value is -2.34. The fourth-order valence-electron chi connectivity index (χ4n) is 1.53. The highest BCUT2D eigenvalue weighted by Crippen LogP contribution is 2.00. The minimum atomic E-state index is -1.56. The first kappa shape index (κ1) is 21.7. The third kappa shape index (κ3) is 8.33. The van der Waals surface area contributed by atoms with E-state index in [0.29, 0.717) is 0 Å². The highest BCUT2D eigenvalue weighted by atomic mass is 32.1. The molecule has 0 saturated heterocycles. The summed E-state index contributed by atoms with van der Waals surface area (Å²) in [4.78, 5) is 55.8. The van der Waals surface area contributed by atoms with Crippen molar-refractivity contribution in [1.82, 2.24) is 10.6 Å².